The van der Waals surface area contributed by atoms with Crippen LogP contribution >= 0.6 is 0 Å². The maximum Gasteiger partial charge on any atom is 0.337 e. The monoisotopic (exact) mass is 209 g/mol. The van der Waals surface area contributed by atoms with Crippen LogP contribution in [0.1, 0.15) is 29.8 Å². The molecule has 0 amide bonds. The van der Waals surface area contributed by atoms with Gasteiger partial charge < -0.3 is 4.74 Å². The number of hydrogen-bond acceptors (Lipinski definition) is 4. The lowest BCUT2D eigenvalue weighted by Gasteiger charge is -2.22. The third kappa shape index (κ3) is 2.55. The maximum absolute atomic E-state index is 11.2. The normalized spacial score (nSPS) is 11.2. The Morgan fingerprint density at radius 1 is 1.27 bits per heavy atom. The Kier molecular flexibility index (Phi) is 3.44. The van der Waals surface area contributed by atoms with Crippen LogP contribution in [0.25, 0.3) is 0 Å². The van der Waals surface area contributed by atoms with Gasteiger partial charge in [0.15, 0.2) is 0 Å². The van der Waals surface area contributed by atoms with E-state index in [-0.39, 0.29) is 5.97 Å². The highest BCUT2D eigenvalue weighted by Crippen LogP contribution is 2.22. The van der Waals surface area contributed by atoms with Crippen molar-refractivity contribution < 1.29 is 14.4 Å². The molecule has 0 bridgehead atoms. The molecule has 4 nitrogen and oxygen atoms in total. The molecule has 0 unspecified atom stereocenters. The molecule has 0 saturated heterocycles. The molecule has 0 aliphatic rings. The third-order valence-electron chi connectivity index (χ3n) is 2.30. The quantitative estimate of drug-likeness (QED) is 0.606. The van der Waals surface area contributed by atoms with Crippen molar-refractivity contribution in [2.75, 3.05) is 7.11 Å². The van der Waals surface area contributed by atoms with Crippen LogP contribution in [0, 0.1) is 0 Å². The smallest absolute Gasteiger partial charge is 0.337 e. The number of rotatable bonds is 3. The van der Waals surface area contributed by atoms with E-state index < -0.39 is 5.60 Å². The zero-order valence-corrected chi connectivity index (χ0v) is 9.11. The molecule has 82 valence electrons. The van der Waals surface area contributed by atoms with Crippen LogP contribution in [0.2, 0.25) is 0 Å². The molecule has 0 aromatic heterocycles. The average Bonchev–Trinajstić information content (AvgIpc) is 2.28. The molecule has 1 aromatic rings. The van der Waals surface area contributed by atoms with E-state index in [0.717, 1.165) is 5.56 Å². The van der Waals surface area contributed by atoms with Crippen molar-refractivity contribution in [2.24, 2.45) is 5.90 Å². The van der Waals surface area contributed by atoms with Crippen LogP contribution in [-0.2, 0) is 15.2 Å². The first-order valence-electron chi connectivity index (χ1n) is 4.58. The number of carbonyl (C=O) groups is 1. The van der Waals surface area contributed by atoms with Gasteiger partial charge in [0.1, 0.15) is 5.60 Å². The summed E-state index contributed by atoms with van der Waals surface area (Å²) in [5, 5.41) is 0. The van der Waals surface area contributed by atoms with Gasteiger partial charge in [-0.2, -0.15) is 0 Å². The maximum atomic E-state index is 11.2. The van der Waals surface area contributed by atoms with Gasteiger partial charge in [0.25, 0.3) is 0 Å². The number of carbonyl (C=O) groups excluding carboxylic acids is 1. The molecule has 1 rings (SSSR count). The summed E-state index contributed by atoms with van der Waals surface area (Å²) in [5.74, 6) is 4.82. The molecule has 0 radical (unpaired) electrons. The highest BCUT2D eigenvalue weighted by molar-refractivity contribution is 5.89. The van der Waals surface area contributed by atoms with Crippen molar-refractivity contribution in [1.29, 1.82) is 0 Å². The predicted molar refractivity (Wildman–Crippen MR) is 56.1 cm³/mol. The van der Waals surface area contributed by atoms with E-state index in [1.807, 2.05) is 13.8 Å². The number of ether oxygens (including phenoxy) is 1. The second-order valence-electron chi connectivity index (χ2n) is 3.70. The van der Waals surface area contributed by atoms with Crippen molar-refractivity contribution in [3.05, 3.63) is 35.4 Å². The molecule has 0 fully saturated rings. The van der Waals surface area contributed by atoms with Gasteiger partial charge in [-0.3, -0.25) is 4.84 Å². The third-order valence-corrected chi connectivity index (χ3v) is 2.30. The highest BCUT2D eigenvalue weighted by Gasteiger charge is 2.20. The highest BCUT2D eigenvalue weighted by atomic mass is 16.6. The van der Waals surface area contributed by atoms with Gasteiger partial charge in [0.2, 0.25) is 0 Å². The molecule has 1 aromatic carbocycles. The van der Waals surface area contributed by atoms with Gasteiger partial charge in [0.05, 0.1) is 12.7 Å². The summed E-state index contributed by atoms with van der Waals surface area (Å²) in [5.41, 5.74) is 0.848. The first kappa shape index (κ1) is 11.7. The molecule has 0 atom stereocenters. The SMILES string of the molecule is COC(=O)c1ccc(C(C)(C)ON)cc1. The minimum Gasteiger partial charge on any atom is -0.465 e. The average molecular weight is 209 g/mol. The van der Waals surface area contributed by atoms with Crippen molar-refractivity contribution in [3.8, 4) is 0 Å². The van der Waals surface area contributed by atoms with Crippen LogP contribution in [0.3, 0.4) is 0 Å². The second kappa shape index (κ2) is 4.42. The fourth-order valence-electron chi connectivity index (χ4n) is 1.19. The summed E-state index contributed by atoms with van der Waals surface area (Å²) >= 11 is 0. The van der Waals surface area contributed by atoms with Crippen molar-refractivity contribution in [2.45, 2.75) is 19.4 Å². The molecular weight excluding hydrogens is 194 g/mol. The number of methoxy groups -OCH3 is 1. The lowest BCUT2D eigenvalue weighted by molar-refractivity contribution is -0.0236. The lowest BCUT2D eigenvalue weighted by Crippen LogP contribution is -2.25. The van der Waals surface area contributed by atoms with Crippen molar-refractivity contribution in [1.82, 2.24) is 0 Å². The molecule has 15 heavy (non-hydrogen) atoms. The van der Waals surface area contributed by atoms with E-state index >= 15 is 0 Å². The molecule has 0 heterocycles. The van der Waals surface area contributed by atoms with Crippen LogP contribution in [-0.4, -0.2) is 13.1 Å². The summed E-state index contributed by atoms with van der Waals surface area (Å²) < 4.78 is 4.59. The van der Waals surface area contributed by atoms with Gasteiger partial charge in [-0.1, -0.05) is 12.1 Å². The minimum absolute atomic E-state index is 0.354. The molecule has 0 aliphatic heterocycles. The molecule has 0 spiro atoms. The molecular formula is C11H15NO3. The number of hydrogen-bond donors (Lipinski definition) is 1. The first-order valence-corrected chi connectivity index (χ1v) is 4.58. The number of benzene rings is 1. The Balaban J connectivity index is 2.95. The topological polar surface area (TPSA) is 61.5 Å². The summed E-state index contributed by atoms with van der Waals surface area (Å²) in [7, 11) is 1.35. The zero-order valence-electron chi connectivity index (χ0n) is 9.11. The Morgan fingerprint density at radius 2 is 1.80 bits per heavy atom. The van der Waals surface area contributed by atoms with Crippen molar-refractivity contribution >= 4 is 5.97 Å². The van der Waals surface area contributed by atoms with Gasteiger partial charge in [0, 0.05) is 0 Å². The Bertz CT molecular complexity index is 343. The lowest BCUT2D eigenvalue weighted by atomic mass is 9.97. The number of esters is 1. The van der Waals surface area contributed by atoms with E-state index in [0.29, 0.717) is 5.56 Å². The van der Waals surface area contributed by atoms with E-state index in [9.17, 15) is 4.79 Å². The summed E-state index contributed by atoms with van der Waals surface area (Å²) in [6.45, 7) is 3.69. The van der Waals surface area contributed by atoms with Crippen molar-refractivity contribution in [3.63, 3.8) is 0 Å². The van der Waals surface area contributed by atoms with E-state index in [1.165, 1.54) is 7.11 Å². The first-order chi connectivity index (χ1) is 7.01. The predicted octanol–water partition coefficient (Wildman–Crippen LogP) is 1.60. The van der Waals surface area contributed by atoms with Crippen LogP contribution in [0.15, 0.2) is 24.3 Å². The molecule has 0 aliphatic carbocycles. The van der Waals surface area contributed by atoms with E-state index in [1.54, 1.807) is 24.3 Å². The van der Waals surface area contributed by atoms with Gasteiger partial charge in [-0.05, 0) is 31.5 Å². The molecule has 0 saturated carbocycles. The molecule has 2 N–H and O–H groups in total. The fourth-order valence-corrected chi connectivity index (χ4v) is 1.19. The zero-order chi connectivity index (χ0) is 11.5. The van der Waals surface area contributed by atoms with Gasteiger partial charge >= 0.3 is 5.97 Å². The number of nitrogens with two attached hydrogens (primary N) is 1. The fraction of sp³-hybridized carbons (Fsp3) is 0.364. The van der Waals surface area contributed by atoms with Crippen LogP contribution < -0.4 is 5.90 Å². The van der Waals surface area contributed by atoms with E-state index in [2.05, 4.69) is 4.74 Å². The standard InChI is InChI=1S/C11H15NO3/c1-11(2,15-12)9-6-4-8(5-7-9)10(13)14-3/h4-7H,12H2,1-3H3. The summed E-state index contributed by atoms with van der Waals surface area (Å²) in [6.07, 6.45) is 0. The summed E-state index contributed by atoms with van der Waals surface area (Å²) in [4.78, 5) is 16.0. The Hall–Kier alpha value is -1.39. The second-order valence-corrected chi connectivity index (χ2v) is 3.70. The minimum atomic E-state index is -0.561. The Morgan fingerprint density at radius 3 is 2.20 bits per heavy atom. The Labute approximate surface area is 88.9 Å². The van der Waals surface area contributed by atoms with E-state index in [4.69, 9.17) is 10.7 Å². The molecule has 4 heteroatoms. The van der Waals surface area contributed by atoms with Crippen LogP contribution in [0.4, 0.5) is 0 Å². The summed E-state index contributed by atoms with van der Waals surface area (Å²) in [6, 6.07) is 6.95. The van der Waals surface area contributed by atoms with Crippen LogP contribution in [0.5, 0.6) is 0 Å². The van der Waals surface area contributed by atoms with Gasteiger partial charge in [-0.25, -0.2) is 10.7 Å². The van der Waals surface area contributed by atoms with Gasteiger partial charge in [-0.15, -0.1) is 0 Å². The largest absolute Gasteiger partial charge is 0.465 e.